The van der Waals surface area contributed by atoms with Crippen LogP contribution in [0.2, 0.25) is 0 Å². The Kier molecular flexibility index (Phi) is 0.597. The van der Waals surface area contributed by atoms with Gasteiger partial charge in [0, 0.05) is 6.20 Å². The van der Waals surface area contributed by atoms with E-state index in [9.17, 15) is 0 Å². The van der Waals surface area contributed by atoms with E-state index < -0.39 is 0 Å². The molecule has 0 bridgehead atoms. The van der Waals surface area contributed by atoms with Crippen LogP contribution in [0, 0.1) is 0 Å². The van der Waals surface area contributed by atoms with Gasteiger partial charge in [-0.25, -0.2) is 4.98 Å². The largest absolute Gasteiger partial charge is 0.256 e. The van der Waals surface area contributed by atoms with Gasteiger partial charge < -0.3 is 0 Å². The van der Waals surface area contributed by atoms with Crippen molar-refractivity contribution in [2.75, 3.05) is 0 Å². The first-order chi connectivity index (χ1) is 4.88. The Morgan fingerprint density at radius 2 is 2.67 bits per heavy atom. The SMILES string of the molecule is [3H]c1ccnc2nn[nH]c12. The molecule has 9 heavy (non-hydrogen) atoms. The van der Waals surface area contributed by atoms with Gasteiger partial charge >= 0.3 is 0 Å². The van der Waals surface area contributed by atoms with Crippen molar-refractivity contribution in [2.24, 2.45) is 0 Å². The van der Waals surface area contributed by atoms with Gasteiger partial charge in [0.2, 0.25) is 5.65 Å². The van der Waals surface area contributed by atoms with E-state index >= 15 is 0 Å². The van der Waals surface area contributed by atoms with Crippen molar-refractivity contribution in [1.82, 2.24) is 20.4 Å². The number of hydrogen-bond donors (Lipinski definition) is 1. The Morgan fingerprint density at radius 1 is 1.67 bits per heavy atom. The summed E-state index contributed by atoms with van der Waals surface area (Å²) in [4.78, 5) is 3.88. The van der Waals surface area contributed by atoms with Gasteiger partial charge in [-0.15, -0.1) is 5.10 Å². The second kappa shape index (κ2) is 1.51. The molecule has 2 aromatic heterocycles. The van der Waals surface area contributed by atoms with Crippen molar-refractivity contribution in [2.45, 2.75) is 0 Å². The molecule has 2 aromatic rings. The molecule has 0 aliphatic carbocycles. The quantitative estimate of drug-likeness (QED) is 0.548. The molecule has 0 atom stereocenters. The molecule has 4 nitrogen and oxygen atoms in total. The van der Waals surface area contributed by atoms with Gasteiger partial charge in [-0.05, 0) is 12.1 Å². The highest BCUT2D eigenvalue weighted by atomic mass is 15.3. The molecule has 0 aliphatic rings. The van der Waals surface area contributed by atoms with Crippen LogP contribution in [0.1, 0.15) is 1.37 Å². The van der Waals surface area contributed by atoms with Gasteiger partial charge in [-0.3, -0.25) is 5.10 Å². The lowest BCUT2D eigenvalue weighted by molar-refractivity contribution is 0.954. The molecule has 0 aromatic carbocycles. The Morgan fingerprint density at radius 3 is 3.56 bits per heavy atom. The summed E-state index contributed by atoms with van der Waals surface area (Å²) in [5.41, 5.74) is 1.08. The van der Waals surface area contributed by atoms with Crippen molar-refractivity contribution in [3.63, 3.8) is 0 Å². The van der Waals surface area contributed by atoms with Crippen molar-refractivity contribution >= 4 is 11.2 Å². The summed E-state index contributed by atoms with van der Waals surface area (Å²) in [5, 5.41) is 9.72. The molecule has 0 spiro atoms. The number of nitrogens with zero attached hydrogens (tertiary/aromatic N) is 3. The minimum atomic E-state index is 0.370. The molecule has 44 valence electrons. The van der Waals surface area contributed by atoms with Crippen LogP contribution in [-0.4, -0.2) is 20.4 Å². The highest BCUT2D eigenvalue weighted by molar-refractivity contribution is 5.67. The fourth-order valence-electron chi connectivity index (χ4n) is 0.638. The summed E-state index contributed by atoms with van der Waals surface area (Å²) in [5.74, 6) is 0. The monoisotopic (exact) mass is 122 g/mol. The standard InChI is InChI=1S/C5H4N4/c1-2-4-5(6-3-1)8-9-7-4/h1-3H,(H,6,7,8,9)/i2T. The third-order valence-electron chi connectivity index (χ3n) is 1.03. The molecule has 4 heteroatoms. The average Bonchev–Trinajstić information content (AvgIpc) is 2.36. The molecular weight excluding hydrogens is 116 g/mol. The van der Waals surface area contributed by atoms with Crippen LogP contribution in [0.5, 0.6) is 0 Å². The predicted octanol–water partition coefficient (Wildman–Crippen LogP) is 0.353. The number of aromatic nitrogens is 4. The van der Waals surface area contributed by atoms with Gasteiger partial charge in [0.05, 0.1) is 1.37 Å². The second-order valence-electron chi connectivity index (χ2n) is 1.60. The summed E-state index contributed by atoms with van der Waals surface area (Å²) < 4.78 is 7.33. The van der Waals surface area contributed by atoms with E-state index in [0.717, 1.165) is 0 Å². The maximum Gasteiger partial charge on any atom is 0.201 e. The molecule has 0 amide bonds. The molecule has 0 unspecified atom stereocenters. The number of H-pyrrole nitrogens is 1. The molecule has 0 saturated carbocycles. The topological polar surface area (TPSA) is 54.5 Å². The third-order valence-corrected chi connectivity index (χ3v) is 1.03. The first-order valence-electron chi connectivity index (χ1n) is 3.00. The van der Waals surface area contributed by atoms with Crippen LogP contribution in [-0.2, 0) is 0 Å². The minimum absolute atomic E-state index is 0.370. The first kappa shape index (κ1) is 3.55. The molecule has 1 N–H and O–H groups in total. The second-order valence-corrected chi connectivity index (χ2v) is 1.60. The van der Waals surface area contributed by atoms with Gasteiger partial charge in [0.15, 0.2) is 0 Å². The molecule has 2 heterocycles. The van der Waals surface area contributed by atoms with Crippen LogP contribution in [0.15, 0.2) is 18.3 Å². The summed E-state index contributed by atoms with van der Waals surface area (Å²) in [6.07, 6.45) is 1.53. The van der Waals surface area contributed by atoms with Crippen LogP contribution in [0.3, 0.4) is 0 Å². The first-order valence-corrected chi connectivity index (χ1v) is 2.50. The minimum Gasteiger partial charge on any atom is -0.256 e. The molecule has 2 rings (SSSR count). The fraction of sp³-hybridized carbons (Fsp3) is 0. The van der Waals surface area contributed by atoms with Gasteiger partial charge in [-0.2, -0.15) is 0 Å². The van der Waals surface area contributed by atoms with Crippen LogP contribution >= 0.6 is 0 Å². The van der Waals surface area contributed by atoms with Crippen molar-refractivity contribution in [1.29, 1.82) is 0 Å². The zero-order valence-electron chi connectivity index (χ0n) is 5.50. The molecule has 0 aliphatic heterocycles. The van der Waals surface area contributed by atoms with E-state index in [4.69, 9.17) is 1.37 Å². The lowest BCUT2D eigenvalue weighted by Gasteiger charge is -1.78. The highest BCUT2D eigenvalue weighted by Crippen LogP contribution is 1.99. The number of nitrogens with one attached hydrogen (secondary N) is 1. The van der Waals surface area contributed by atoms with E-state index in [1.165, 1.54) is 6.20 Å². The molecular formula is C5H4N4. The van der Waals surface area contributed by atoms with Crippen LogP contribution < -0.4 is 0 Å². The van der Waals surface area contributed by atoms with E-state index in [1.807, 2.05) is 0 Å². The van der Waals surface area contributed by atoms with Crippen molar-refractivity contribution in [3.05, 3.63) is 18.3 Å². The van der Waals surface area contributed by atoms with E-state index in [1.54, 1.807) is 6.07 Å². The zero-order valence-corrected chi connectivity index (χ0v) is 4.50. The Labute approximate surface area is 52.3 Å². The fourth-order valence-corrected chi connectivity index (χ4v) is 0.638. The number of hydrogen-bond acceptors (Lipinski definition) is 3. The summed E-state index contributed by atoms with van der Waals surface area (Å²) in [6, 6.07) is 1.96. The molecule has 0 fully saturated rings. The van der Waals surface area contributed by atoms with E-state index in [2.05, 4.69) is 20.4 Å². The van der Waals surface area contributed by atoms with Gasteiger partial charge in [-0.1, -0.05) is 5.21 Å². The van der Waals surface area contributed by atoms with Gasteiger partial charge in [0.25, 0.3) is 0 Å². The Hall–Kier alpha value is -1.45. The average molecular weight is 122 g/mol. The lowest BCUT2D eigenvalue weighted by Crippen LogP contribution is -1.71. The van der Waals surface area contributed by atoms with Crippen molar-refractivity contribution < 1.29 is 1.37 Å². The molecule has 0 radical (unpaired) electrons. The zero-order chi connectivity index (χ0) is 6.97. The summed E-state index contributed by atoms with van der Waals surface area (Å²) in [6.45, 7) is 0. The van der Waals surface area contributed by atoms with E-state index in [-0.39, 0.29) is 0 Å². The smallest absolute Gasteiger partial charge is 0.201 e. The van der Waals surface area contributed by atoms with Crippen LogP contribution in [0.25, 0.3) is 11.2 Å². The summed E-state index contributed by atoms with van der Waals surface area (Å²) in [7, 11) is 0. The van der Waals surface area contributed by atoms with Gasteiger partial charge in [0.1, 0.15) is 5.52 Å². The molecule has 0 saturated heterocycles. The maximum atomic E-state index is 7.33. The predicted molar refractivity (Wildman–Crippen MR) is 31.7 cm³/mol. The third kappa shape index (κ3) is 0.561. The lowest BCUT2D eigenvalue weighted by atomic mass is 10.4. The van der Waals surface area contributed by atoms with E-state index in [0.29, 0.717) is 17.2 Å². The summed E-state index contributed by atoms with van der Waals surface area (Å²) >= 11 is 0. The maximum absolute atomic E-state index is 7.33. The Bertz CT molecular complexity index is 355. The normalized spacial score (nSPS) is 11.8. The number of aromatic amines is 1. The Balaban J connectivity index is 2.95. The number of pyridine rings is 1. The number of rotatable bonds is 0. The highest BCUT2D eigenvalue weighted by Gasteiger charge is 1.91. The number of fused-ring (bicyclic) bond motifs is 1. The van der Waals surface area contributed by atoms with Crippen LogP contribution in [0.4, 0.5) is 0 Å². The van der Waals surface area contributed by atoms with Crippen molar-refractivity contribution in [3.8, 4) is 0 Å².